The summed E-state index contributed by atoms with van der Waals surface area (Å²) in [4.78, 5) is 4.44. The molecule has 0 aliphatic rings. The maximum atomic E-state index is 9.23. The molecule has 1 aromatic heterocycles. The van der Waals surface area contributed by atoms with E-state index in [4.69, 9.17) is 4.42 Å². The molecule has 0 fully saturated rings. The Morgan fingerprint density at radius 2 is 1.94 bits per heavy atom. The standard InChI is InChI=1S/C13H14BrNO2/c1-8(2)12-11(7-16)17-13(15-12)9-3-5-10(14)6-4-9/h3-6,8,16H,7H2,1-2H3. The molecule has 0 saturated carbocycles. The molecule has 0 atom stereocenters. The number of benzene rings is 1. The van der Waals surface area contributed by atoms with E-state index in [2.05, 4.69) is 20.9 Å². The van der Waals surface area contributed by atoms with Crippen LogP contribution in [0.4, 0.5) is 0 Å². The van der Waals surface area contributed by atoms with Crippen LogP contribution >= 0.6 is 15.9 Å². The summed E-state index contributed by atoms with van der Waals surface area (Å²) >= 11 is 3.38. The Labute approximate surface area is 109 Å². The lowest BCUT2D eigenvalue weighted by atomic mass is 10.1. The number of halogens is 1. The Kier molecular flexibility index (Phi) is 3.64. The maximum absolute atomic E-state index is 9.23. The first kappa shape index (κ1) is 12.3. The third-order valence-corrected chi connectivity index (χ3v) is 3.04. The third-order valence-electron chi connectivity index (χ3n) is 2.51. The second kappa shape index (κ2) is 5.02. The minimum atomic E-state index is -0.114. The van der Waals surface area contributed by atoms with Crippen molar-refractivity contribution in [1.29, 1.82) is 0 Å². The number of oxazole rings is 1. The highest BCUT2D eigenvalue weighted by Gasteiger charge is 2.16. The van der Waals surface area contributed by atoms with Gasteiger partial charge in [0.1, 0.15) is 6.61 Å². The van der Waals surface area contributed by atoms with E-state index in [0.717, 1.165) is 15.7 Å². The van der Waals surface area contributed by atoms with E-state index in [1.165, 1.54) is 0 Å². The van der Waals surface area contributed by atoms with Crippen LogP contribution < -0.4 is 0 Å². The molecule has 17 heavy (non-hydrogen) atoms. The molecule has 1 N–H and O–H groups in total. The molecule has 0 spiro atoms. The summed E-state index contributed by atoms with van der Waals surface area (Å²) in [7, 11) is 0. The number of hydrogen-bond donors (Lipinski definition) is 1. The van der Waals surface area contributed by atoms with Crippen LogP contribution in [0.1, 0.15) is 31.2 Å². The van der Waals surface area contributed by atoms with Gasteiger partial charge in [0.05, 0.1) is 5.69 Å². The first-order valence-corrected chi connectivity index (χ1v) is 6.27. The summed E-state index contributed by atoms with van der Waals surface area (Å²) in [6.45, 7) is 3.95. The van der Waals surface area contributed by atoms with E-state index in [-0.39, 0.29) is 12.5 Å². The highest BCUT2D eigenvalue weighted by Crippen LogP contribution is 2.27. The highest BCUT2D eigenvalue weighted by molar-refractivity contribution is 9.10. The Balaban J connectivity index is 2.42. The Morgan fingerprint density at radius 1 is 1.29 bits per heavy atom. The molecule has 2 aromatic rings. The lowest BCUT2D eigenvalue weighted by Gasteiger charge is -1.99. The summed E-state index contributed by atoms with van der Waals surface area (Å²) in [5, 5.41) is 9.23. The van der Waals surface area contributed by atoms with Crippen molar-refractivity contribution in [2.24, 2.45) is 0 Å². The van der Waals surface area contributed by atoms with E-state index < -0.39 is 0 Å². The number of rotatable bonds is 3. The highest BCUT2D eigenvalue weighted by atomic mass is 79.9. The maximum Gasteiger partial charge on any atom is 0.226 e. The molecular weight excluding hydrogens is 282 g/mol. The number of aromatic nitrogens is 1. The van der Waals surface area contributed by atoms with Gasteiger partial charge in [0.2, 0.25) is 5.89 Å². The van der Waals surface area contributed by atoms with E-state index in [9.17, 15) is 5.11 Å². The monoisotopic (exact) mass is 295 g/mol. The van der Waals surface area contributed by atoms with E-state index in [1.807, 2.05) is 38.1 Å². The molecule has 2 rings (SSSR count). The fraction of sp³-hybridized carbons (Fsp3) is 0.308. The number of aliphatic hydroxyl groups is 1. The number of hydrogen-bond acceptors (Lipinski definition) is 3. The summed E-state index contributed by atoms with van der Waals surface area (Å²) < 4.78 is 6.59. The van der Waals surface area contributed by atoms with Crippen LogP contribution in [-0.4, -0.2) is 10.1 Å². The lowest BCUT2D eigenvalue weighted by Crippen LogP contribution is -1.93. The third kappa shape index (κ3) is 2.58. The van der Waals surface area contributed by atoms with Gasteiger partial charge in [0.25, 0.3) is 0 Å². The zero-order valence-corrected chi connectivity index (χ0v) is 11.4. The van der Waals surface area contributed by atoms with Crippen LogP contribution in [0.5, 0.6) is 0 Å². The largest absolute Gasteiger partial charge is 0.438 e. The van der Waals surface area contributed by atoms with Crippen molar-refractivity contribution < 1.29 is 9.52 Å². The van der Waals surface area contributed by atoms with Crippen molar-refractivity contribution in [2.45, 2.75) is 26.4 Å². The first-order chi connectivity index (χ1) is 8.11. The second-order valence-electron chi connectivity index (χ2n) is 4.15. The van der Waals surface area contributed by atoms with Crippen LogP contribution in [0.2, 0.25) is 0 Å². The predicted molar refractivity (Wildman–Crippen MR) is 69.7 cm³/mol. The van der Waals surface area contributed by atoms with Crippen molar-refractivity contribution in [2.75, 3.05) is 0 Å². The zero-order chi connectivity index (χ0) is 12.4. The van der Waals surface area contributed by atoms with Gasteiger partial charge in [0, 0.05) is 10.0 Å². The fourth-order valence-electron chi connectivity index (χ4n) is 1.64. The molecule has 3 nitrogen and oxygen atoms in total. The summed E-state index contributed by atoms with van der Waals surface area (Å²) in [5.41, 5.74) is 1.74. The minimum absolute atomic E-state index is 0.114. The summed E-state index contributed by atoms with van der Waals surface area (Å²) in [6.07, 6.45) is 0. The average Bonchev–Trinajstić information content (AvgIpc) is 2.74. The molecule has 0 unspecified atom stereocenters. The molecular formula is C13H14BrNO2. The van der Waals surface area contributed by atoms with Crippen molar-refractivity contribution >= 4 is 15.9 Å². The van der Waals surface area contributed by atoms with Gasteiger partial charge in [-0.05, 0) is 30.2 Å². The normalized spacial score (nSPS) is 11.1. The molecule has 90 valence electrons. The fourth-order valence-corrected chi connectivity index (χ4v) is 1.91. The molecule has 0 aliphatic carbocycles. The first-order valence-electron chi connectivity index (χ1n) is 5.48. The van der Waals surface area contributed by atoms with Crippen molar-refractivity contribution in [3.8, 4) is 11.5 Å². The number of nitrogens with zero attached hydrogens (tertiary/aromatic N) is 1. The van der Waals surface area contributed by atoms with Crippen LogP contribution in [0.3, 0.4) is 0 Å². The van der Waals surface area contributed by atoms with Gasteiger partial charge < -0.3 is 9.52 Å². The Bertz CT molecular complexity index is 503. The summed E-state index contributed by atoms with van der Waals surface area (Å²) in [6, 6.07) is 7.74. The Morgan fingerprint density at radius 3 is 2.41 bits per heavy atom. The molecule has 0 bridgehead atoms. The van der Waals surface area contributed by atoms with Crippen LogP contribution in [0.25, 0.3) is 11.5 Å². The van der Waals surface area contributed by atoms with Crippen LogP contribution in [0.15, 0.2) is 33.2 Å². The number of aliphatic hydroxyl groups excluding tert-OH is 1. The molecule has 1 aromatic carbocycles. The van der Waals surface area contributed by atoms with Gasteiger partial charge in [-0.25, -0.2) is 4.98 Å². The van der Waals surface area contributed by atoms with Crippen molar-refractivity contribution in [3.05, 3.63) is 40.2 Å². The SMILES string of the molecule is CC(C)c1nc(-c2ccc(Br)cc2)oc1CO. The molecule has 0 saturated heterocycles. The quantitative estimate of drug-likeness (QED) is 0.939. The summed E-state index contributed by atoms with van der Waals surface area (Å²) in [5.74, 6) is 1.35. The van der Waals surface area contributed by atoms with E-state index in [0.29, 0.717) is 11.7 Å². The smallest absolute Gasteiger partial charge is 0.226 e. The molecule has 0 amide bonds. The molecule has 0 radical (unpaired) electrons. The van der Waals surface area contributed by atoms with Crippen LogP contribution in [-0.2, 0) is 6.61 Å². The second-order valence-corrected chi connectivity index (χ2v) is 5.06. The van der Waals surface area contributed by atoms with Gasteiger partial charge in [-0.15, -0.1) is 0 Å². The van der Waals surface area contributed by atoms with Gasteiger partial charge in [-0.1, -0.05) is 29.8 Å². The zero-order valence-electron chi connectivity index (χ0n) is 9.77. The van der Waals surface area contributed by atoms with Crippen LogP contribution in [0, 0.1) is 0 Å². The minimum Gasteiger partial charge on any atom is -0.438 e. The van der Waals surface area contributed by atoms with Gasteiger partial charge in [-0.3, -0.25) is 0 Å². The lowest BCUT2D eigenvalue weighted by molar-refractivity contribution is 0.246. The van der Waals surface area contributed by atoms with Gasteiger partial charge in [-0.2, -0.15) is 0 Å². The van der Waals surface area contributed by atoms with Crippen molar-refractivity contribution in [1.82, 2.24) is 4.98 Å². The van der Waals surface area contributed by atoms with E-state index in [1.54, 1.807) is 0 Å². The molecule has 1 heterocycles. The average molecular weight is 296 g/mol. The van der Waals surface area contributed by atoms with Crippen molar-refractivity contribution in [3.63, 3.8) is 0 Å². The van der Waals surface area contributed by atoms with Gasteiger partial charge in [0.15, 0.2) is 5.76 Å². The topological polar surface area (TPSA) is 46.3 Å². The molecule has 4 heteroatoms. The van der Waals surface area contributed by atoms with Gasteiger partial charge >= 0.3 is 0 Å². The van der Waals surface area contributed by atoms with E-state index >= 15 is 0 Å². The molecule has 0 aliphatic heterocycles. The predicted octanol–water partition coefficient (Wildman–Crippen LogP) is 3.72. The Hall–Kier alpha value is -1.13.